The summed E-state index contributed by atoms with van der Waals surface area (Å²) in [6, 6.07) is 4.16. The van der Waals surface area contributed by atoms with E-state index >= 15 is 0 Å². The van der Waals surface area contributed by atoms with Gasteiger partial charge in [0.25, 0.3) is 0 Å². The smallest absolute Gasteiger partial charge is 0.159 e. The molecule has 0 heterocycles. The Morgan fingerprint density at radius 1 is 1.26 bits per heavy atom. The highest BCUT2D eigenvalue weighted by molar-refractivity contribution is 5.18. The predicted molar refractivity (Wildman–Crippen MR) is 73.2 cm³/mol. The van der Waals surface area contributed by atoms with E-state index in [2.05, 4.69) is 12.2 Å². The normalized spacial score (nSPS) is 12.6. The van der Waals surface area contributed by atoms with E-state index in [1.807, 2.05) is 0 Å². The van der Waals surface area contributed by atoms with E-state index in [0.29, 0.717) is 12.5 Å². The summed E-state index contributed by atoms with van der Waals surface area (Å²) in [6.07, 6.45) is 2.92. The summed E-state index contributed by atoms with van der Waals surface area (Å²) in [5.74, 6) is -1.11. The van der Waals surface area contributed by atoms with Gasteiger partial charge in [-0.15, -0.1) is 0 Å². The van der Waals surface area contributed by atoms with Gasteiger partial charge in [0.2, 0.25) is 0 Å². The van der Waals surface area contributed by atoms with E-state index in [4.69, 9.17) is 4.74 Å². The first-order valence-corrected chi connectivity index (χ1v) is 6.81. The zero-order valence-corrected chi connectivity index (χ0v) is 11.7. The van der Waals surface area contributed by atoms with Crippen LogP contribution in [0.4, 0.5) is 8.78 Å². The van der Waals surface area contributed by atoms with E-state index in [0.717, 1.165) is 37.9 Å². The Kier molecular flexibility index (Phi) is 7.60. The highest BCUT2D eigenvalue weighted by Gasteiger charge is 2.10. The molecule has 0 amide bonds. The summed E-state index contributed by atoms with van der Waals surface area (Å²) in [5.41, 5.74) is 0.853. The number of benzene rings is 1. The van der Waals surface area contributed by atoms with Crippen molar-refractivity contribution in [3.8, 4) is 0 Å². The molecule has 1 aromatic carbocycles. The Labute approximate surface area is 114 Å². The van der Waals surface area contributed by atoms with Crippen LogP contribution in [0.2, 0.25) is 0 Å². The van der Waals surface area contributed by atoms with Crippen molar-refractivity contribution in [3.05, 3.63) is 35.4 Å². The van der Waals surface area contributed by atoms with Gasteiger partial charge in [0, 0.05) is 13.7 Å². The largest absolute Gasteiger partial charge is 0.383 e. The Morgan fingerprint density at radius 2 is 2.05 bits per heavy atom. The van der Waals surface area contributed by atoms with Crippen molar-refractivity contribution >= 4 is 0 Å². The van der Waals surface area contributed by atoms with Crippen LogP contribution in [0.1, 0.15) is 25.3 Å². The zero-order chi connectivity index (χ0) is 14.1. The van der Waals surface area contributed by atoms with E-state index in [1.165, 1.54) is 12.1 Å². The van der Waals surface area contributed by atoms with Crippen LogP contribution in [0.5, 0.6) is 0 Å². The molecule has 1 unspecified atom stereocenters. The van der Waals surface area contributed by atoms with E-state index in [-0.39, 0.29) is 0 Å². The second kappa shape index (κ2) is 8.99. The van der Waals surface area contributed by atoms with Gasteiger partial charge in [-0.2, -0.15) is 0 Å². The minimum absolute atomic E-state index is 0.437. The van der Waals surface area contributed by atoms with Gasteiger partial charge in [-0.05, 0) is 43.0 Å². The van der Waals surface area contributed by atoms with Crippen LogP contribution in [0.15, 0.2) is 18.2 Å². The molecule has 19 heavy (non-hydrogen) atoms. The molecule has 1 atom stereocenters. The zero-order valence-electron chi connectivity index (χ0n) is 11.7. The molecular formula is C15H23F2NO. The minimum atomic E-state index is -0.783. The fourth-order valence-corrected chi connectivity index (χ4v) is 2.16. The SMILES string of the molecule is CCCC(CNCCOC)Cc1ccc(F)c(F)c1. The van der Waals surface area contributed by atoms with E-state index in [9.17, 15) is 8.78 Å². The maximum atomic E-state index is 13.2. The van der Waals surface area contributed by atoms with Crippen molar-refractivity contribution in [2.45, 2.75) is 26.2 Å². The molecule has 0 saturated heterocycles. The third-order valence-electron chi connectivity index (χ3n) is 3.12. The molecule has 0 aliphatic heterocycles. The van der Waals surface area contributed by atoms with Crippen molar-refractivity contribution < 1.29 is 13.5 Å². The van der Waals surface area contributed by atoms with Crippen molar-refractivity contribution in [1.82, 2.24) is 5.32 Å². The fourth-order valence-electron chi connectivity index (χ4n) is 2.16. The van der Waals surface area contributed by atoms with Crippen LogP contribution in [0.25, 0.3) is 0 Å². The van der Waals surface area contributed by atoms with Crippen molar-refractivity contribution in [1.29, 1.82) is 0 Å². The maximum absolute atomic E-state index is 13.2. The number of ether oxygens (including phenoxy) is 1. The molecule has 0 bridgehead atoms. The first-order valence-electron chi connectivity index (χ1n) is 6.81. The van der Waals surface area contributed by atoms with Gasteiger partial charge in [-0.1, -0.05) is 19.4 Å². The molecular weight excluding hydrogens is 248 g/mol. The minimum Gasteiger partial charge on any atom is -0.383 e. The number of hydrogen-bond donors (Lipinski definition) is 1. The molecule has 2 nitrogen and oxygen atoms in total. The molecule has 0 spiro atoms. The first-order chi connectivity index (χ1) is 9.17. The van der Waals surface area contributed by atoms with Gasteiger partial charge in [-0.3, -0.25) is 0 Å². The second-order valence-corrected chi connectivity index (χ2v) is 4.80. The summed E-state index contributed by atoms with van der Waals surface area (Å²) >= 11 is 0. The van der Waals surface area contributed by atoms with Gasteiger partial charge < -0.3 is 10.1 Å². The molecule has 0 aliphatic rings. The predicted octanol–water partition coefficient (Wildman–Crippen LogP) is 3.16. The summed E-state index contributed by atoms with van der Waals surface area (Å²) in [7, 11) is 1.67. The van der Waals surface area contributed by atoms with Crippen LogP contribution < -0.4 is 5.32 Å². The summed E-state index contributed by atoms with van der Waals surface area (Å²) in [4.78, 5) is 0. The van der Waals surface area contributed by atoms with Crippen LogP contribution in [-0.2, 0) is 11.2 Å². The van der Waals surface area contributed by atoms with Gasteiger partial charge in [0.15, 0.2) is 11.6 Å². The van der Waals surface area contributed by atoms with E-state index in [1.54, 1.807) is 13.2 Å². The third kappa shape index (κ3) is 6.12. The summed E-state index contributed by atoms with van der Waals surface area (Å²) in [6.45, 7) is 4.50. The monoisotopic (exact) mass is 271 g/mol. The lowest BCUT2D eigenvalue weighted by atomic mass is 9.95. The van der Waals surface area contributed by atoms with Gasteiger partial charge >= 0.3 is 0 Å². The molecule has 4 heteroatoms. The van der Waals surface area contributed by atoms with Crippen molar-refractivity contribution in [2.24, 2.45) is 5.92 Å². The molecule has 1 aromatic rings. The lowest BCUT2D eigenvalue weighted by molar-refractivity contribution is 0.197. The Hall–Kier alpha value is -1.00. The average Bonchev–Trinajstić information content (AvgIpc) is 2.39. The number of methoxy groups -OCH3 is 1. The molecule has 0 saturated carbocycles. The van der Waals surface area contributed by atoms with Crippen molar-refractivity contribution in [2.75, 3.05) is 26.8 Å². The third-order valence-corrected chi connectivity index (χ3v) is 3.12. The summed E-state index contributed by atoms with van der Waals surface area (Å²) < 4.78 is 31.0. The highest BCUT2D eigenvalue weighted by atomic mass is 19.2. The van der Waals surface area contributed by atoms with Crippen LogP contribution >= 0.6 is 0 Å². The average molecular weight is 271 g/mol. The van der Waals surface area contributed by atoms with Crippen LogP contribution in [-0.4, -0.2) is 26.8 Å². The topological polar surface area (TPSA) is 21.3 Å². The van der Waals surface area contributed by atoms with Crippen LogP contribution in [0, 0.1) is 17.6 Å². The van der Waals surface area contributed by atoms with Gasteiger partial charge in [0.1, 0.15) is 0 Å². The number of halogens is 2. The lowest BCUT2D eigenvalue weighted by Crippen LogP contribution is -2.27. The molecule has 1 rings (SSSR count). The number of hydrogen-bond acceptors (Lipinski definition) is 2. The van der Waals surface area contributed by atoms with Gasteiger partial charge in [-0.25, -0.2) is 8.78 Å². The molecule has 0 radical (unpaired) electrons. The van der Waals surface area contributed by atoms with E-state index < -0.39 is 11.6 Å². The lowest BCUT2D eigenvalue weighted by Gasteiger charge is -2.17. The Balaban J connectivity index is 2.49. The molecule has 0 aromatic heterocycles. The van der Waals surface area contributed by atoms with Crippen LogP contribution in [0.3, 0.4) is 0 Å². The molecule has 0 fully saturated rings. The Morgan fingerprint density at radius 3 is 2.68 bits per heavy atom. The standard InChI is InChI=1S/C15H23F2NO/c1-3-4-13(11-18-7-8-19-2)9-12-5-6-14(16)15(17)10-12/h5-6,10,13,18H,3-4,7-9,11H2,1-2H3. The second-order valence-electron chi connectivity index (χ2n) is 4.80. The molecule has 0 aliphatic carbocycles. The van der Waals surface area contributed by atoms with Crippen molar-refractivity contribution in [3.63, 3.8) is 0 Å². The molecule has 108 valence electrons. The highest BCUT2D eigenvalue weighted by Crippen LogP contribution is 2.16. The number of rotatable bonds is 9. The van der Waals surface area contributed by atoms with Gasteiger partial charge in [0.05, 0.1) is 6.61 Å². The Bertz CT molecular complexity index is 371. The summed E-state index contributed by atoms with van der Waals surface area (Å²) in [5, 5.41) is 3.32. The fraction of sp³-hybridized carbons (Fsp3) is 0.600. The molecule has 1 N–H and O–H groups in total. The quantitative estimate of drug-likeness (QED) is 0.697. The first kappa shape index (κ1) is 16.1. The maximum Gasteiger partial charge on any atom is 0.159 e. The number of nitrogens with one attached hydrogen (secondary N) is 1.